The average molecular weight is 410 g/mol. The highest BCUT2D eigenvalue weighted by molar-refractivity contribution is 5.92. The Morgan fingerprint density at radius 3 is 2.71 bits per heavy atom. The summed E-state index contributed by atoms with van der Waals surface area (Å²) in [4.78, 5) is 17.2. The number of fused-ring (bicyclic) bond motifs is 2. The molecule has 0 radical (unpaired) electrons. The monoisotopic (exact) mass is 410 g/mol. The maximum Gasteiger partial charge on any atom is 0.229 e. The lowest BCUT2D eigenvalue weighted by molar-refractivity contribution is 0.410. The fourth-order valence-corrected chi connectivity index (χ4v) is 4.02. The number of hydrogen-bond donors (Lipinski definition) is 4. The highest BCUT2D eigenvalue weighted by atomic mass is 15.2. The van der Waals surface area contributed by atoms with Gasteiger partial charge in [-0.1, -0.05) is 18.6 Å². The van der Waals surface area contributed by atoms with Crippen molar-refractivity contribution >= 4 is 45.2 Å². The zero-order chi connectivity index (χ0) is 20.8. The Labute approximate surface area is 178 Å². The summed E-state index contributed by atoms with van der Waals surface area (Å²) in [5.41, 5.74) is 4.85. The summed E-state index contributed by atoms with van der Waals surface area (Å²) < 4.78 is 0. The molecule has 4 N–H and O–H groups in total. The molecule has 0 spiro atoms. The van der Waals surface area contributed by atoms with E-state index in [0.29, 0.717) is 11.9 Å². The number of aromatic amines is 2. The number of rotatable bonds is 5. The van der Waals surface area contributed by atoms with Crippen LogP contribution in [0.4, 0.5) is 23.3 Å². The van der Waals surface area contributed by atoms with Crippen molar-refractivity contribution in [3.8, 4) is 0 Å². The minimum Gasteiger partial charge on any atom is -0.342 e. The van der Waals surface area contributed by atoms with Gasteiger partial charge in [0.05, 0.1) is 16.6 Å². The van der Waals surface area contributed by atoms with E-state index in [9.17, 15) is 0 Å². The van der Waals surface area contributed by atoms with E-state index >= 15 is 0 Å². The van der Waals surface area contributed by atoms with Gasteiger partial charge in [-0.2, -0.15) is 10.1 Å². The minimum atomic E-state index is 0.520. The second-order valence-electron chi connectivity index (χ2n) is 8.05. The van der Waals surface area contributed by atoms with E-state index in [4.69, 9.17) is 9.97 Å². The molecule has 0 amide bonds. The van der Waals surface area contributed by atoms with Crippen molar-refractivity contribution < 1.29 is 0 Å². The van der Waals surface area contributed by atoms with Crippen LogP contribution in [0, 0.1) is 6.92 Å². The number of nitrogens with zero attached hydrogens (tertiary/aromatic N) is 4. The predicted molar refractivity (Wildman–Crippen MR) is 122 cm³/mol. The Morgan fingerprint density at radius 1 is 0.935 bits per heavy atom. The Kier molecular flexibility index (Phi) is 4.09. The van der Waals surface area contributed by atoms with Crippen molar-refractivity contribution in [2.75, 3.05) is 10.6 Å². The number of nitrogens with one attached hydrogen (secondary N) is 4. The van der Waals surface area contributed by atoms with Gasteiger partial charge in [-0.15, -0.1) is 0 Å². The van der Waals surface area contributed by atoms with Crippen molar-refractivity contribution in [3.63, 3.8) is 0 Å². The zero-order valence-electron chi connectivity index (χ0n) is 17.1. The maximum absolute atomic E-state index is 4.75. The van der Waals surface area contributed by atoms with Gasteiger partial charge in [-0.05, 0) is 50.1 Å². The molecule has 0 aliphatic heterocycles. The first-order valence-corrected chi connectivity index (χ1v) is 10.5. The number of benzene rings is 2. The van der Waals surface area contributed by atoms with Crippen molar-refractivity contribution in [2.45, 2.75) is 32.1 Å². The Bertz CT molecular complexity index is 1400. The van der Waals surface area contributed by atoms with Crippen LogP contribution < -0.4 is 10.6 Å². The molecule has 1 fully saturated rings. The number of aromatic nitrogens is 6. The van der Waals surface area contributed by atoms with Crippen LogP contribution in [0.15, 0.2) is 48.5 Å². The van der Waals surface area contributed by atoms with Gasteiger partial charge in [-0.3, -0.25) is 5.10 Å². The normalized spacial score (nSPS) is 14.1. The summed E-state index contributed by atoms with van der Waals surface area (Å²) in [5, 5.41) is 15.3. The molecule has 0 atom stereocenters. The lowest BCUT2D eigenvalue weighted by atomic mass is 9.83. The lowest BCUT2D eigenvalue weighted by Crippen LogP contribution is -2.08. The molecular formula is C23H22N8. The quantitative estimate of drug-likeness (QED) is 0.313. The first kappa shape index (κ1) is 17.9. The van der Waals surface area contributed by atoms with E-state index in [0.717, 1.165) is 45.1 Å². The average Bonchev–Trinajstić information content (AvgIpc) is 3.32. The number of imidazole rings is 1. The largest absolute Gasteiger partial charge is 0.342 e. The molecule has 3 heterocycles. The van der Waals surface area contributed by atoms with Crippen LogP contribution in [-0.4, -0.2) is 30.1 Å². The molecule has 3 aromatic heterocycles. The van der Waals surface area contributed by atoms with E-state index < -0.39 is 0 Å². The standard InChI is InChI=1S/C23H22N8/c1-13-24-18-10-9-15(11-20(18)25-13)26-23-27-17-8-3-2-7-16(17)22(29-23)28-21-12-19(30-31-21)14-5-4-6-14/h2-3,7-12,14H,4-6H2,1H3,(H,24,25)(H3,26,27,28,29,30,31). The van der Waals surface area contributed by atoms with Crippen LogP contribution in [0.3, 0.4) is 0 Å². The van der Waals surface area contributed by atoms with Crippen LogP contribution in [0.2, 0.25) is 0 Å². The number of H-pyrrole nitrogens is 2. The number of anilines is 4. The van der Waals surface area contributed by atoms with Crippen LogP contribution in [-0.2, 0) is 0 Å². The summed E-state index contributed by atoms with van der Waals surface area (Å²) in [5.74, 6) is 3.50. The van der Waals surface area contributed by atoms with Gasteiger partial charge in [0.25, 0.3) is 0 Å². The lowest BCUT2D eigenvalue weighted by Gasteiger charge is -2.23. The molecule has 8 heteroatoms. The molecule has 8 nitrogen and oxygen atoms in total. The summed E-state index contributed by atoms with van der Waals surface area (Å²) in [6, 6.07) is 16.0. The summed E-state index contributed by atoms with van der Waals surface area (Å²) in [6.07, 6.45) is 3.75. The topological polar surface area (TPSA) is 107 Å². The third-order valence-electron chi connectivity index (χ3n) is 5.85. The van der Waals surface area contributed by atoms with Gasteiger partial charge in [0.1, 0.15) is 11.6 Å². The Balaban J connectivity index is 1.34. The highest BCUT2D eigenvalue weighted by Crippen LogP contribution is 2.36. The van der Waals surface area contributed by atoms with Crippen LogP contribution >= 0.6 is 0 Å². The first-order chi connectivity index (χ1) is 15.2. The zero-order valence-corrected chi connectivity index (χ0v) is 17.1. The molecule has 31 heavy (non-hydrogen) atoms. The SMILES string of the molecule is Cc1nc2ccc(Nc3nc(Nc4cc(C5CCC5)[nH]n4)c4ccccc4n3)cc2[nH]1. The van der Waals surface area contributed by atoms with Crippen molar-refractivity contribution in [1.82, 2.24) is 30.1 Å². The van der Waals surface area contributed by atoms with Crippen molar-refractivity contribution in [1.29, 1.82) is 0 Å². The molecule has 1 aliphatic rings. The molecule has 6 rings (SSSR count). The van der Waals surface area contributed by atoms with E-state index in [1.54, 1.807) is 0 Å². The fourth-order valence-electron chi connectivity index (χ4n) is 4.02. The molecule has 2 aromatic carbocycles. The summed E-state index contributed by atoms with van der Waals surface area (Å²) in [7, 11) is 0. The molecule has 0 unspecified atom stereocenters. The van der Waals surface area contributed by atoms with Gasteiger partial charge >= 0.3 is 0 Å². The van der Waals surface area contributed by atoms with Crippen LogP contribution in [0.5, 0.6) is 0 Å². The van der Waals surface area contributed by atoms with Crippen LogP contribution in [0.25, 0.3) is 21.9 Å². The van der Waals surface area contributed by atoms with E-state index in [1.807, 2.05) is 49.4 Å². The molecule has 1 aliphatic carbocycles. The van der Waals surface area contributed by atoms with Crippen LogP contribution in [0.1, 0.15) is 36.7 Å². The summed E-state index contributed by atoms with van der Waals surface area (Å²) in [6.45, 7) is 1.95. The predicted octanol–water partition coefficient (Wildman–Crippen LogP) is 5.29. The molecule has 0 saturated heterocycles. The minimum absolute atomic E-state index is 0.520. The fraction of sp³-hybridized carbons (Fsp3) is 0.217. The molecule has 1 saturated carbocycles. The number of hydrogen-bond acceptors (Lipinski definition) is 6. The van der Waals surface area contributed by atoms with Gasteiger partial charge in [0, 0.05) is 28.8 Å². The number of para-hydroxylation sites is 1. The summed E-state index contributed by atoms with van der Waals surface area (Å²) >= 11 is 0. The van der Waals surface area contributed by atoms with Gasteiger partial charge < -0.3 is 15.6 Å². The third-order valence-corrected chi connectivity index (χ3v) is 5.85. The van der Waals surface area contributed by atoms with Crippen molar-refractivity contribution in [3.05, 3.63) is 60.0 Å². The molecule has 5 aromatic rings. The number of aryl methyl sites for hydroxylation is 1. The Morgan fingerprint density at radius 2 is 1.84 bits per heavy atom. The highest BCUT2D eigenvalue weighted by Gasteiger charge is 2.21. The second-order valence-corrected chi connectivity index (χ2v) is 8.05. The molecule has 0 bridgehead atoms. The smallest absolute Gasteiger partial charge is 0.229 e. The van der Waals surface area contributed by atoms with E-state index in [-0.39, 0.29) is 0 Å². The Hall–Kier alpha value is -3.94. The van der Waals surface area contributed by atoms with Gasteiger partial charge in [0.2, 0.25) is 5.95 Å². The molecular weight excluding hydrogens is 388 g/mol. The molecule has 154 valence electrons. The van der Waals surface area contributed by atoms with Gasteiger partial charge in [0.15, 0.2) is 5.82 Å². The maximum atomic E-state index is 4.75. The second kappa shape index (κ2) is 7.09. The van der Waals surface area contributed by atoms with Crippen molar-refractivity contribution in [2.24, 2.45) is 0 Å². The van der Waals surface area contributed by atoms with E-state index in [1.165, 1.54) is 25.0 Å². The van der Waals surface area contributed by atoms with Gasteiger partial charge in [-0.25, -0.2) is 9.97 Å². The first-order valence-electron chi connectivity index (χ1n) is 10.5. The third kappa shape index (κ3) is 3.35. The van der Waals surface area contributed by atoms with E-state index in [2.05, 4.69) is 36.9 Å².